The van der Waals surface area contributed by atoms with Gasteiger partial charge in [0, 0.05) is 29.8 Å². The molecule has 0 aliphatic heterocycles. The van der Waals surface area contributed by atoms with Crippen molar-refractivity contribution in [2.24, 2.45) is 11.8 Å². The van der Waals surface area contributed by atoms with E-state index in [0.717, 1.165) is 51.4 Å². The van der Waals surface area contributed by atoms with Gasteiger partial charge in [-0.25, -0.2) is 9.78 Å². The van der Waals surface area contributed by atoms with Crippen molar-refractivity contribution in [1.82, 2.24) is 9.55 Å². The highest BCUT2D eigenvalue weighted by Gasteiger charge is 2.57. The number of carbonyl (C=O) groups excluding carboxylic acids is 2. The number of esters is 1. The van der Waals surface area contributed by atoms with E-state index in [1.165, 1.54) is 10.9 Å². The molecule has 1 N–H and O–H groups in total. The summed E-state index contributed by atoms with van der Waals surface area (Å²) in [5.74, 6) is -1.58. The smallest absolute Gasteiger partial charge is 0.344 e. The van der Waals surface area contributed by atoms with Crippen LogP contribution in [0.2, 0.25) is 0 Å². The lowest BCUT2D eigenvalue weighted by molar-refractivity contribution is -0.191. The van der Waals surface area contributed by atoms with E-state index in [-0.39, 0.29) is 17.7 Å². The minimum Gasteiger partial charge on any atom is -0.441 e. The fourth-order valence-electron chi connectivity index (χ4n) is 6.09. The molecular weight excluding hydrogens is 440 g/mol. The Hall–Kier alpha value is -3.25. The topological polar surface area (TPSA) is 81.4 Å². The Balaban J connectivity index is 1.65. The third-order valence-electron chi connectivity index (χ3n) is 7.91. The molecule has 2 aliphatic carbocycles. The lowest BCUT2D eigenvalue weighted by atomic mass is 9.77. The monoisotopic (exact) mass is 472 g/mol. The second-order valence-corrected chi connectivity index (χ2v) is 9.86. The molecule has 6 nitrogen and oxygen atoms in total. The number of imidazole rings is 1. The Morgan fingerprint density at radius 3 is 1.91 bits per heavy atom. The average Bonchev–Trinajstić information content (AvgIpc) is 3.71. The van der Waals surface area contributed by atoms with Gasteiger partial charge in [-0.2, -0.15) is 0 Å². The molecule has 0 bridgehead atoms. The van der Waals surface area contributed by atoms with Gasteiger partial charge in [0.05, 0.1) is 0 Å². The van der Waals surface area contributed by atoms with Gasteiger partial charge in [0.1, 0.15) is 6.33 Å². The average molecular weight is 473 g/mol. The van der Waals surface area contributed by atoms with Crippen molar-refractivity contribution in [2.75, 3.05) is 0 Å². The Morgan fingerprint density at radius 1 is 0.829 bits per heavy atom. The van der Waals surface area contributed by atoms with Gasteiger partial charge in [0.15, 0.2) is 5.60 Å². The first-order valence-corrected chi connectivity index (χ1v) is 12.7. The quantitative estimate of drug-likeness (QED) is 0.476. The molecule has 2 atom stereocenters. The second-order valence-electron chi connectivity index (χ2n) is 9.86. The summed E-state index contributed by atoms with van der Waals surface area (Å²) in [6, 6.07) is 18.3. The van der Waals surface area contributed by atoms with Crippen molar-refractivity contribution in [1.29, 1.82) is 0 Å². The number of hydrogen-bond acceptors (Lipinski definition) is 5. The molecule has 182 valence electrons. The maximum Gasteiger partial charge on any atom is 0.344 e. The SMILES string of the molecule is O=C(OC(C(=O)n1ccnc1)(c1ccccc1)C1CCCC1)C(O)(c1ccccc1)C1CCCC1. The molecule has 6 heteroatoms. The van der Waals surface area contributed by atoms with Crippen LogP contribution in [-0.4, -0.2) is 26.5 Å². The van der Waals surface area contributed by atoms with Crippen LogP contribution in [0.25, 0.3) is 0 Å². The first-order chi connectivity index (χ1) is 17.1. The second kappa shape index (κ2) is 9.78. The normalized spacial score (nSPS) is 20.3. The van der Waals surface area contributed by atoms with Gasteiger partial charge in [-0.3, -0.25) is 9.36 Å². The van der Waals surface area contributed by atoms with Crippen LogP contribution < -0.4 is 0 Å². The van der Waals surface area contributed by atoms with Crippen LogP contribution in [0.1, 0.15) is 67.3 Å². The molecule has 1 aromatic heterocycles. The van der Waals surface area contributed by atoms with E-state index in [9.17, 15) is 14.7 Å². The fourth-order valence-corrected chi connectivity index (χ4v) is 6.09. The molecule has 2 saturated carbocycles. The summed E-state index contributed by atoms with van der Waals surface area (Å²) in [5, 5.41) is 12.1. The molecule has 2 aromatic carbocycles. The first kappa shape index (κ1) is 23.5. The van der Waals surface area contributed by atoms with Crippen molar-refractivity contribution in [3.05, 3.63) is 90.5 Å². The molecule has 1 heterocycles. The molecule has 2 fully saturated rings. The number of rotatable bonds is 7. The van der Waals surface area contributed by atoms with E-state index >= 15 is 0 Å². The van der Waals surface area contributed by atoms with Gasteiger partial charge in [-0.05, 0) is 31.2 Å². The van der Waals surface area contributed by atoms with Crippen molar-refractivity contribution in [2.45, 2.75) is 62.6 Å². The summed E-state index contributed by atoms with van der Waals surface area (Å²) in [6.07, 6.45) is 11.4. The van der Waals surface area contributed by atoms with Gasteiger partial charge in [-0.15, -0.1) is 0 Å². The van der Waals surface area contributed by atoms with E-state index in [1.54, 1.807) is 24.5 Å². The lowest BCUT2D eigenvalue weighted by Crippen LogP contribution is -2.53. The molecule has 35 heavy (non-hydrogen) atoms. The van der Waals surface area contributed by atoms with Gasteiger partial charge < -0.3 is 9.84 Å². The maximum atomic E-state index is 14.2. The van der Waals surface area contributed by atoms with E-state index < -0.39 is 17.2 Å². The molecular formula is C29H32N2O4. The van der Waals surface area contributed by atoms with Crippen LogP contribution in [0.4, 0.5) is 0 Å². The molecule has 2 unspecified atom stereocenters. The van der Waals surface area contributed by atoms with Crippen molar-refractivity contribution in [3.8, 4) is 0 Å². The highest BCUT2D eigenvalue weighted by Crippen LogP contribution is 2.48. The van der Waals surface area contributed by atoms with Gasteiger partial charge >= 0.3 is 5.97 Å². The zero-order chi connectivity index (χ0) is 24.3. The zero-order valence-electron chi connectivity index (χ0n) is 19.9. The van der Waals surface area contributed by atoms with Crippen LogP contribution in [0.5, 0.6) is 0 Å². The Labute approximate surface area is 206 Å². The standard InChI is InChI=1S/C29H32N2O4/c32-26(31-20-19-30-21-31)29(25-17-9-10-18-25,24-15-5-2-6-16-24)35-27(33)28(34,23-13-7-8-14-23)22-11-3-1-4-12-22/h1-6,11-12,15-16,19-21,23,25,34H,7-10,13-14,17-18H2. The number of carbonyl (C=O) groups is 2. The lowest BCUT2D eigenvalue weighted by Gasteiger charge is -2.41. The summed E-state index contributed by atoms with van der Waals surface area (Å²) >= 11 is 0. The van der Waals surface area contributed by atoms with Gasteiger partial charge in [0.2, 0.25) is 5.60 Å². The van der Waals surface area contributed by atoms with Crippen LogP contribution >= 0.6 is 0 Å². The Bertz CT molecular complexity index is 1140. The van der Waals surface area contributed by atoms with Gasteiger partial charge in [-0.1, -0.05) is 86.3 Å². The summed E-state index contributed by atoms with van der Waals surface area (Å²) in [6.45, 7) is 0. The zero-order valence-corrected chi connectivity index (χ0v) is 19.9. The molecule has 5 rings (SSSR count). The minimum atomic E-state index is -1.83. The minimum absolute atomic E-state index is 0.202. The summed E-state index contributed by atoms with van der Waals surface area (Å²) in [4.78, 5) is 32.5. The summed E-state index contributed by atoms with van der Waals surface area (Å²) < 4.78 is 7.84. The van der Waals surface area contributed by atoms with Crippen LogP contribution in [0, 0.1) is 11.8 Å². The van der Waals surface area contributed by atoms with Crippen molar-refractivity contribution in [3.63, 3.8) is 0 Å². The van der Waals surface area contributed by atoms with Crippen molar-refractivity contribution < 1.29 is 19.4 Å². The molecule has 0 amide bonds. The molecule has 0 saturated heterocycles. The maximum absolute atomic E-state index is 14.2. The van der Waals surface area contributed by atoms with Crippen LogP contribution in [0.15, 0.2) is 79.4 Å². The molecule has 0 spiro atoms. The summed E-state index contributed by atoms with van der Waals surface area (Å²) in [7, 11) is 0. The van der Waals surface area contributed by atoms with E-state index in [0.29, 0.717) is 11.1 Å². The number of aliphatic hydroxyl groups is 1. The third-order valence-corrected chi connectivity index (χ3v) is 7.91. The molecule has 2 aliphatic rings. The number of aromatic nitrogens is 2. The number of hydrogen-bond donors (Lipinski definition) is 1. The number of nitrogens with zero attached hydrogens (tertiary/aromatic N) is 2. The predicted octanol–water partition coefficient (Wildman–Crippen LogP) is 5.23. The largest absolute Gasteiger partial charge is 0.441 e. The Kier molecular flexibility index (Phi) is 6.56. The first-order valence-electron chi connectivity index (χ1n) is 12.7. The number of benzene rings is 2. The van der Waals surface area contributed by atoms with E-state index in [4.69, 9.17) is 4.74 Å². The number of ether oxygens (including phenoxy) is 1. The summed E-state index contributed by atoms with van der Waals surface area (Å²) in [5.41, 5.74) is -2.25. The van der Waals surface area contributed by atoms with E-state index in [1.807, 2.05) is 48.5 Å². The highest BCUT2D eigenvalue weighted by molar-refractivity contribution is 5.93. The molecule has 0 radical (unpaired) electrons. The fraction of sp³-hybridized carbons (Fsp3) is 0.414. The third kappa shape index (κ3) is 4.10. The molecule has 3 aromatic rings. The van der Waals surface area contributed by atoms with Gasteiger partial charge in [0.25, 0.3) is 5.91 Å². The van der Waals surface area contributed by atoms with E-state index in [2.05, 4.69) is 4.98 Å². The highest BCUT2D eigenvalue weighted by atomic mass is 16.6. The van der Waals surface area contributed by atoms with Crippen LogP contribution in [0.3, 0.4) is 0 Å². The predicted molar refractivity (Wildman–Crippen MR) is 131 cm³/mol. The van der Waals surface area contributed by atoms with Crippen molar-refractivity contribution >= 4 is 11.9 Å². The Morgan fingerprint density at radius 2 is 1.37 bits per heavy atom. The van der Waals surface area contributed by atoms with Crippen LogP contribution in [-0.2, 0) is 20.7 Å².